The van der Waals surface area contributed by atoms with Crippen molar-refractivity contribution in [3.8, 4) is 0 Å². The number of amidine groups is 1. The maximum absolute atomic E-state index is 10.7. The Labute approximate surface area is 276 Å². The number of nitrogens with one attached hydrogen (secondary N) is 4. The molecular formula is C26H50B6N8O6. The highest BCUT2D eigenvalue weighted by Crippen LogP contribution is 2.12. The molecule has 1 aromatic carbocycles. The summed E-state index contributed by atoms with van der Waals surface area (Å²) in [7, 11) is -4.50. The lowest BCUT2D eigenvalue weighted by atomic mass is 9.80. The van der Waals surface area contributed by atoms with Crippen molar-refractivity contribution >= 4 is 72.7 Å². The first-order chi connectivity index (χ1) is 21.8. The van der Waals surface area contributed by atoms with Gasteiger partial charge in [-0.1, -0.05) is 62.1 Å². The minimum atomic E-state index is -1.05. The number of rotatable bonds is 20. The fraction of sp³-hybridized carbons (Fsp3) is 0.538. The zero-order chi connectivity index (χ0) is 34.5. The van der Waals surface area contributed by atoms with Gasteiger partial charge in [0.05, 0.1) is 0 Å². The summed E-state index contributed by atoms with van der Waals surface area (Å²) in [6.45, 7) is 9.26. The van der Waals surface area contributed by atoms with Crippen LogP contribution >= 0.6 is 0 Å². The summed E-state index contributed by atoms with van der Waals surface area (Å²) in [4.78, 5) is 22.2. The molecule has 1 rings (SSSR count). The Kier molecular flexibility index (Phi) is 20.6. The Balaban J connectivity index is 2.71. The number of carbonyl (C=O) groups is 1. The first kappa shape index (κ1) is 40.9. The number of carbonyl (C=O) groups excluding carboxylic acids is 1. The van der Waals surface area contributed by atoms with E-state index in [9.17, 15) is 29.9 Å². The normalized spacial score (nSPS) is 11.5. The minimum absolute atomic E-state index is 0.0718. The lowest BCUT2D eigenvalue weighted by Crippen LogP contribution is -2.55. The molecule has 0 unspecified atom stereocenters. The zero-order valence-corrected chi connectivity index (χ0v) is 27.9. The molecule has 248 valence electrons. The van der Waals surface area contributed by atoms with Crippen molar-refractivity contribution in [2.45, 2.75) is 72.6 Å². The van der Waals surface area contributed by atoms with Gasteiger partial charge in [-0.25, -0.2) is 0 Å². The van der Waals surface area contributed by atoms with Gasteiger partial charge in [0, 0.05) is 25.2 Å². The monoisotopic (exact) mass is 636 g/mol. The SMILES string of the molecule is CB(O)/N=C(/NCCCCCCCCN(B(C)O)/C(=N\B(C)O)N(C/C=C/c1ccc(C(=N)NBC=O)cc1)B(C)O)NB(C)O. The second kappa shape index (κ2) is 23.2. The van der Waals surface area contributed by atoms with E-state index >= 15 is 0 Å². The quantitative estimate of drug-likeness (QED) is 0.0295. The van der Waals surface area contributed by atoms with Crippen molar-refractivity contribution in [3.05, 3.63) is 41.5 Å². The average molecular weight is 636 g/mol. The molecular weight excluding hydrogens is 585 g/mol. The smallest absolute Gasteiger partial charge is 0.431 e. The minimum Gasteiger partial charge on any atom is -0.433 e. The maximum Gasteiger partial charge on any atom is 0.431 e. The van der Waals surface area contributed by atoms with Gasteiger partial charge in [-0.15, -0.1) is 0 Å². The van der Waals surface area contributed by atoms with Crippen LogP contribution in [0.4, 0.5) is 0 Å². The molecule has 46 heavy (non-hydrogen) atoms. The van der Waals surface area contributed by atoms with Gasteiger partial charge >= 0.3 is 42.7 Å². The highest BCUT2D eigenvalue weighted by Gasteiger charge is 2.29. The second-order valence-corrected chi connectivity index (χ2v) is 11.1. The van der Waals surface area contributed by atoms with Crippen LogP contribution in [0.1, 0.15) is 49.7 Å². The van der Waals surface area contributed by atoms with Gasteiger partial charge in [-0.3, -0.25) is 15.2 Å². The summed E-state index contributed by atoms with van der Waals surface area (Å²) >= 11 is 0. The summed E-state index contributed by atoms with van der Waals surface area (Å²) in [5.74, 6) is 0.812. The third kappa shape index (κ3) is 17.5. The molecule has 0 atom stereocenters. The Morgan fingerprint density at radius 3 is 2.00 bits per heavy atom. The van der Waals surface area contributed by atoms with E-state index in [2.05, 4.69) is 25.6 Å². The summed E-state index contributed by atoms with van der Waals surface area (Å²) in [5.41, 5.74) is 1.53. The number of hydrogen-bond acceptors (Lipinski definition) is 9. The number of unbranched alkanes of at least 4 members (excludes halogenated alkanes) is 5. The molecule has 0 saturated heterocycles. The average Bonchev–Trinajstić information content (AvgIpc) is 2.97. The number of hydrogen-bond donors (Lipinski definition) is 9. The van der Waals surface area contributed by atoms with Crippen LogP contribution < -0.4 is 15.8 Å². The molecule has 0 spiro atoms. The molecule has 0 heterocycles. The Morgan fingerprint density at radius 2 is 1.46 bits per heavy atom. The predicted molar refractivity (Wildman–Crippen MR) is 196 cm³/mol. The fourth-order valence-corrected chi connectivity index (χ4v) is 4.48. The van der Waals surface area contributed by atoms with Crippen molar-refractivity contribution in [3.63, 3.8) is 0 Å². The fourth-order valence-electron chi connectivity index (χ4n) is 4.48. The van der Waals surface area contributed by atoms with E-state index in [0.29, 0.717) is 36.8 Å². The third-order valence-electron chi connectivity index (χ3n) is 6.67. The van der Waals surface area contributed by atoms with Gasteiger partial charge in [0.2, 0.25) is 0 Å². The maximum atomic E-state index is 10.7. The summed E-state index contributed by atoms with van der Waals surface area (Å²) in [5, 5.41) is 67.0. The van der Waals surface area contributed by atoms with Crippen molar-refractivity contribution in [2.24, 2.45) is 9.81 Å². The lowest BCUT2D eigenvalue weighted by Gasteiger charge is -2.36. The van der Waals surface area contributed by atoms with Crippen LogP contribution in [0.15, 0.2) is 40.1 Å². The standard InChI is InChI=1S/C26H50B6N8O6/c1-28(42)36-25(37-29(2)43)34-18-10-8-6-7-9-11-19-39(31(4)45)26(38-30(3)44)40(32(5)46)20-12-13-22-14-16-23(17-15-22)24(33)35-27-21-41/h12-17,21,27,42-46H,6-11,18-20H2,1-5H3,(H2,33,35)(H2,34,36,37)/b13-12+,38-26+. The molecule has 20 heteroatoms. The predicted octanol–water partition coefficient (Wildman–Crippen LogP) is -0.456. The molecule has 1 aromatic rings. The topological polar surface area (TPSA) is 209 Å². The number of guanidine groups is 2. The Bertz CT molecular complexity index is 1110. The van der Waals surface area contributed by atoms with Crippen LogP contribution in [-0.2, 0) is 4.79 Å². The third-order valence-corrected chi connectivity index (χ3v) is 6.67. The van der Waals surface area contributed by atoms with Crippen molar-refractivity contribution in [1.29, 1.82) is 5.41 Å². The molecule has 0 radical (unpaired) electrons. The molecule has 9 N–H and O–H groups in total. The van der Waals surface area contributed by atoms with Crippen LogP contribution in [0.25, 0.3) is 6.08 Å². The Morgan fingerprint density at radius 1 is 0.870 bits per heavy atom. The van der Waals surface area contributed by atoms with Crippen LogP contribution in [0, 0.1) is 5.41 Å². The van der Waals surface area contributed by atoms with E-state index < -0.39 is 35.3 Å². The van der Waals surface area contributed by atoms with Crippen LogP contribution in [-0.4, -0.2) is 121 Å². The van der Waals surface area contributed by atoms with E-state index in [1.807, 2.05) is 24.3 Å². The van der Waals surface area contributed by atoms with Crippen LogP contribution in [0.5, 0.6) is 0 Å². The molecule has 14 nitrogen and oxygen atoms in total. The lowest BCUT2D eigenvalue weighted by molar-refractivity contribution is 0.409. The largest absolute Gasteiger partial charge is 0.433 e. The first-order valence-corrected chi connectivity index (χ1v) is 16.0. The van der Waals surface area contributed by atoms with Gasteiger partial charge in [0.15, 0.2) is 11.9 Å². The number of benzene rings is 1. The molecule has 0 saturated carbocycles. The molecule has 0 aliphatic heterocycles. The van der Waals surface area contributed by atoms with E-state index in [1.54, 1.807) is 42.2 Å². The summed E-state index contributed by atoms with van der Waals surface area (Å²) in [6, 6.07) is 7.24. The summed E-state index contributed by atoms with van der Waals surface area (Å²) in [6.07, 6.45) is 10.0. The van der Waals surface area contributed by atoms with Crippen molar-refractivity contribution < 1.29 is 29.9 Å². The van der Waals surface area contributed by atoms with Crippen molar-refractivity contribution in [2.75, 3.05) is 19.6 Å². The molecule has 0 bridgehead atoms. The molecule has 0 amide bonds. The second-order valence-electron chi connectivity index (χ2n) is 11.1. The number of nitrogens with zero attached hydrogens (tertiary/aromatic N) is 4. The van der Waals surface area contributed by atoms with Gasteiger partial charge in [-0.05, 0) is 52.5 Å². The van der Waals surface area contributed by atoms with E-state index in [4.69, 9.17) is 5.41 Å². The Hall–Kier alpha value is -3.17. The van der Waals surface area contributed by atoms with E-state index in [1.165, 1.54) is 13.6 Å². The molecule has 0 fully saturated rings. The zero-order valence-electron chi connectivity index (χ0n) is 27.9. The summed E-state index contributed by atoms with van der Waals surface area (Å²) < 4.78 is 0. The van der Waals surface area contributed by atoms with Crippen molar-refractivity contribution in [1.82, 2.24) is 25.4 Å². The van der Waals surface area contributed by atoms with Crippen LogP contribution in [0.3, 0.4) is 0 Å². The highest BCUT2D eigenvalue weighted by atomic mass is 16.2. The molecule has 0 aliphatic carbocycles. The molecule has 0 aromatic heterocycles. The van der Waals surface area contributed by atoms with Gasteiger partial charge in [0.1, 0.15) is 12.0 Å². The van der Waals surface area contributed by atoms with Gasteiger partial charge in [0.25, 0.3) is 0 Å². The van der Waals surface area contributed by atoms with Gasteiger partial charge < -0.3 is 55.3 Å². The highest BCUT2D eigenvalue weighted by molar-refractivity contribution is 6.67. The molecule has 0 aliphatic rings. The first-order valence-electron chi connectivity index (χ1n) is 16.0. The van der Waals surface area contributed by atoms with E-state index in [0.717, 1.165) is 44.1 Å². The van der Waals surface area contributed by atoms with Crippen LogP contribution in [0.2, 0.25) is 34.1 Å². The van der Waals surface area contributed by atoms with E-state index in [-0.39, 0.29) is 19.8 Å². The van der Waals surface area contributed by atoms with Gasteiger partial charge in [-0.2, -0.15) is 0 Å².